The fraction of sp³-hybridized carbons (Fsp3) is 0.188. The molecule has 0 aliphatic carbocycles. The molecule has 0 bridgehead atoms. The normalized spacial score (nSPS) is 9.68. The summed E-state index contributed by atoms with van der Waals surface area (Å²) in [6.45, 7) is 1.86. The summed E-state index contributed by atoms with van der Waals surface area (Å²) in [6, 6.07) is 8.25. The van der Waals surface area contributed by atoms with Crippen molar-refractivity contribution < 1.29 is 0 Å². The van der Waals surface area contributed by atoms with Crippen molar-refractivity contribution in [3.8, 4) is 24.2 Å². The molecular formula is C16H13NSSe. The Morgan fingerprint density at radius 3 is 3.00 bits per heavy atom. The molecule has 0 amide bonds. The van der Waals surface area contributed by atoms with Crippen LogP contribution in [0.15, 0.2) is 35.4 Å². The fourth-order valence-electron chi connectivity index (χ4n) is 1.65. The number of rotatable bonds is 4. The number of aromatic nitrogens is 1. The van der Waals surface area contributed by atoms with Gasteiger partial charge in [0.25, 0.3) is 0 Å². The number of fused-ring (bicyclic) bond motifs is 1. The zero-order valence-corrected chi connectivity index (χ0v) is 13.2. The molecule has 1 nitrogen and oxygen atoms in total. The summed E-state index contributed by atoms with van der Waals surface area (Å²) in [6.07, 6.45) is 7.37. The van der Waals surface area contributed by atoms with Crippen LogP contribution in [0.25, 0.3) is 10.9 Å². The number of nitrogens with zero attached hydrogens (tertiary/aromatic N) is 1. The quantitative estimate of drug-likeness (QED) is 0.486. The number of hydrogen-bond donors (Lipinski definition) is 0. The minimum absolute atomic E-state index is 0.291. The third kappa shape index (κ3) is 3.55. The van der Waals surface area contributed by atoms with Crippen LogP contribution in [-0.4, -0.2) is 25.7 Å². The molecule has 1 heterocycles. The van der Waals surface area contributed by atoms with Crippen molar-refractivity contribution in [2.45, 2.75) is 17.1 Å². The Balaban J connectivity index is 2.42. The van der Waals surface area contributed by atoms with Crippen molar-refractivity contribution in [1.82, 2.24) is 4.98 Å². The van der Waals surface area contributed by atoms with E-state index in [2.05, 4.69) is 34.9 Å². The Morgan fingerprint density at radius 2 is 2.21 bits per heavy atom. The van der Waals surface area contributed by atoms with Crippen molar-refractivity contribution in [3.63, 3.8) is 0 Å². The molecule has 1 aromatic carbocycles. The number of hydrogen-bond acceptors (Lipinski definition) is 2. The first-order valence-corrected chi connectivity index (χ1v) is 8.88. The van der Waals surface area contributed by atoms with Crippen LogP contribution in [0.4, 0.5) is 0 Å². The van der Waals surface area contributed by atoms with Gasteiger partial charge >= 0.3 is 125 Å². The Hall–Kier alpha value is -1.38. The van der Waals surface area contributed by atoms with Crippen LogP contribution in [0.5, 0.6) is 0 Å². The Kier molecular flexibility index (Phi) is 5.37. The zero-order valence-electron chi connectivity index (χ0n) is 10.6. The summed E-state index contributed by atoms with van der Waals surface area (Å²) >= 11 is 2.04. The van der Waals surface area contributed by atoms with E-state index in [-0.39, 0.29) is 0 Å². The maximum atomic E-state index is 5.41. The Morgan fingerprint density at radius 1 is 1.37 bits per heavy atom. The molecule has 0 fully saturated rings. The predicted molar refractivity (Wildman–Crippen MR) is 84.9 cm³/mol. The number of para-hydroxylation sites is 1. The SMILES string of the molecule is C#CC[Se]c1c(SCC#CC)cnc2ccccc12. The van der Waals surface area contributed by atoms with Crippen molar-refractivity contribution in [2.24, 2.45) is 0 Å². The molecule has 0 radical (unpaired) electrons. The molecule has 0 spiro atoms. The second-order valence-electron chi connectivity index (χ2n) is 3.68. The van der Waals surface area contributed by atoms with E-state index in [0.717, 1.165) is 16.6 Å². The second-order valence-corrected chi connectivity index (χ2v) is 6.76. The van der Waals surface area contributed by atoms with Crippen LogP contribution in [-0.2, 0) is 0 Å². The first kappa shape index (κ1) is 14.0. The van der Waals surface area contributed by atoms with Gasteiger partial charge in [-0.25, -0.2) is 0 Å². The van der Waals surface area contributed by atoms with Crippen LogP contribution >= 0.6 is 11.8 Å². The molecular weight excluding hydrogens is 317 g/mol. The summed E-state index contributed by atoms with van der Waals surface area (Å²) in [5.41, 5.74) is 1.04. The van der Waals surface area contributed by atoms with E-state index >= 15 is 0 Å². The summed E-state index contributed by atoms with van der Waals surface area (Å²) < 4.78 is 1.36. The Labute approximate surface area is 124 Å². The van der Waals surface area contributed by atoms with E-state index in [1.165, 1.54) is 14.7 Å². The molecule has 94 valence electrons. The molecule has 0 aliphatic rings. The fourth-order valence-corrected chi connectivity index (χ4v) is 4.64. The van der Waals surface area contributed by atoms with Crippen LogP contribution in [0.1, 0.15) is 6.92 Å². The molecule has 0 saturated carbocycles. The summed E-state index contributed by atoms with van der Waals surface area (Å²) in [4.78, 5) is 5.74. The third-order valence-electron chi connectivity index (χ3n) is 2.47. The van der Waals surface area contributed by atoms with Crippen molar-refractivity contribution in [2.75, 3.05) is 5.75 Å². The van der Waals surface area contributed by atoms with E-state index in [1.54, 1.807) is 11.8 Å². The van der Waals surface area contributed by atoms with Gasteiger partial charge < -0.3 is 0 Å². The standard InChI is InChI=1S/C16H13NSSe/c1-3-5-10-18-15-12-17-14-9-7-6-8-13(14)16(15)19-11-4-2/h2,6-9,12H,10-11H2,1H3. The Bertz CT molecular complexity index is 676. The average Bonchev–Trinajstić information content (AvgIpc) is 2.46. The van der Waals surface area contributed by atoms with E-state index in [1.807, 2.05) is 25.3 Å². The van der Waals surface area contributed by atoms with Gasteiger partial charge in [-0.05, 0) is 0 Å². The summed E-state index contributed by atoms with van der Waals surface area (Å²) in [5.74, 6) is 9.55. The van der Waals surface area contributed by atoms with Crippen molar-refractivity contribution in [1.29, 1.82) is 0 Å². The van der Waals surface area contributed by atoms with Gasteiger partial charge in [-0.1, -0.05) is 0 Å². The minimum atomic E-state index is 0.291. The molecule has 3 heteroatoms. The summed E-state index contributed by atoms with van der Waals surface area (Å²) in [7, 11) is 0. The van der Waals surface area contributed by atoms with Crippen LogP contribution in [0.3, 0.4) is 0 Å². The van der Waals surface area contributed by atoms with Gasteiger partial charge in [0.15, 0.2) is 0 Å². The van der Waals surface area contributed by atoms with Crippen molar-refractivity contribution in [3.05, 3.63) is 30.5 Å². The van der Waals surface area contributed by atoms with Gasteiger partial charge in [-0.3, -0.25) is 0 Å². The second kappa shape index (κ2) is 7.27. The summed E-state index contributed by atoms with van der Waals surface area (Å²) in [5, 5.41) is 2.04. The number of pyridine rings is 1. The average molecular weight is 330 g/mol. The molecule has 0 unspecified atom stereocenters. The van der Waals surface area contributed by atoms with Gasteiger partial charge in [0.1, 0.15) is 0 Å². The molecule has 19 heavy (non-hydrogen) atoms. The van der Waals surface area contributed by atoms with Crippen LogP contribution in [0, 0.1) is 24.2 Å². The van der Waals surface area contributed by atoms with Gasteiger partial charge in [0.05, 0.1) is 0 Å². The van der Waals surface area contributed by atoms with Crippen LogP contribution in [0.2, 0.25) is 5.32 Å². The molecule has 0 atom stereocenters. The molecule has 0 aliphatic heterocycles. The molecule has 1 aromatic heterocycles. The zero-order chi connectivity index (χ0) is 13.5. The third-order valence-corrected chi connectivity index (χ3v) is 5.85. The van der Waals surface area contributed by atoms with Crippen LogP contribution < -0.4 is 4.46 Å². The molecule has 2 rings (SSSR count). The molecule has 0 saturated heterocycles. The predicted octanol–water partition coefficient (Wildman–Crippen LogP) is 2.73. The van der Waals surface area contributed by atoms with Gasteiger partial charge in [-0.15, -0.1) is 0 Å². The van der Waals surface area contributed by atoms with E-state index in [4.69, 9.17) is 6.42 Å². The van der Waals surface area contributed by atoms with E-state index < -0.39 is 0 Å². The maximum absolute atomic E-state index is 5.41. The number of benzene rings is 1. The first-order valence-electron chi connectivity index (χ1n) is 5.83. The van der Waals surface area contributed by atoms with Gasteiger partial charge in [-0.2, -0.15) is 0 Å². The van der Waals surface area contributed by atoms with Gasteiger partial charge in [0, 0.05) is 0 Å². The molecule has 0 N–H and O–H groups in total. The topological polar surface area (TPSA) is 12.9 Å². The van der Waals surface area contributed by atoms with Gasteiger partial charge in [0.2, 0.25) is 0 Å². The van der Waals surface area contributed by atoms with Crippen molar-refractivity contribution >= 4 is 42.1 Å². The number of terminal acetylenes is 1. The monoisotopic (exact) mass is 331 g/mol. The first-order chi connectivity index (χ1) is 9.36. The van der Waals surface area contributed by atoms with E-state index in [0.29, 0.717) is 15.0 Å². The van der Waals surface area contributed by atoms with E-state index in [9.17, 15) is 0 Å². The number of thioether (sulfide) groups is 1. The molecule has 2 aromatic rings.